The number of ketones is 1. The summed E-state index contributed by atoms with van der Waals surface area (Å²) < 4.78 is 5.45. The first-order valence-corrected chi connectivity index (χ1v) is 10.5. The molecule has 0 unspecified atom stereocenters. The summed E-state index contributed by atoms with van der Waals surface area (Å²) in [6.07, 6.45) is 6.23. The van der Waals surface area contributed by atoms with Gasteiger partial charge >= 0.3 is 0 Å². The second kappa shape index (κ2) is 8.72. The van der Waals surface area contributed by atoms with Gasteiger partial charge in [-0.2, -0.15) is 0 Å². The largest absolute Gasteiger partial charge is 0.380 e. The molecule has 0 bridgehead atoms. The van der Waals surface area contributed by atoms with Gasteiger partial charge in [-0.05, 0) is 50.7 Å². The Morgan fingerprint density at radius 2 is 2.00 bits per heavy atom. The Labute approximate surface area is 170 Å². The minimum Gasteiger partial charge on any atom is -0.380 e. The van der Waals surface area contributed by atoms with Crippen LogP contribution in [0, 0.1) is 5.92 Å². The predicted molar refractivity (Wildman–Crippen MR) is 111 cm³/mol. The number of aromatic nitrogens is 2. The second-order valence-corrected chi connectivity index (χ2v) is 8.27. The number of halogens is 1. The number of rotatable bonds is 5. The van der Waals surface area contributed by atoms with Crippen LogP contribution in [-0.2, 0) is 4.74 Å². The number of ether oxygens (including phenoxy) is 1. The molecule has 0 amide bonds. The van der Waals surface area contributed by atoms with Crippen LogP contribution in [0.25, 0.3) is 11.0 Å². The molecule has 7 heteroatoms. The van der Waals surface area contributed by atoms with E-state index in [9.17, 15) is 4.79 Å². The van der Waals surface area contributed by atoms with E-state index in [0.29, 0.717) is 22.3 Å². The van der Waals surface area contributed by atoms with Crippen molar-refractivity contribution < 1.29 is 9.53 Å². The van der Waals surface area contributed by atoms with Crippen molar-refractivity contribution in [2.45, 2.75) is 38.6 Å². The molecule has 28 heavy (non-hydrogen) atoms. The Bertz CT molecular complexity index is 846. The van der Waals surface area contributed by atoms with E-state index in [-0.39, 0.29) is 5.78 Å². The van der Waals surface area contributed by atoms with E-state index in [2.05, 4.69) is 20.2 Å². The monoisotopic (exact) mass is 402 g/mol. The Balaban J connectivity index is 1.46. The van der Waals surface area contributed by atoms with Gasteiger partial charge in [-0.15, -0.1) is 0 Å². The highest BCUT2D eigenvalue weighted by Crippen LogP contribution is 2.32. The first kappa shape index (κ1) is 19.6. The van der Waals surface area contributed by atoms with Crippen molar-refractivity contribution in [1.29, 1.82) is 0 Å². The normalized spacial score (nSPS) is 23.6. The third-order valence-corrected chi connectivity index (χ3v) is 6.08. The van der Waals surface area contributed by atoms with Gasteiger partial charge in [0.15, 0.2) is 5.78 Å². The lowest BCUT2D eigenvalue weighted by atomic mass is 9.85. The summed E-state index contributed by atoms with van der Waals surface area (Å²) in [5.74, 6) is 0.727. The topological polar surface area (TPSA) is 67.4 Å². The van der Waals surface area contributed by atoms with Gasteiger partial charge in [0.05, 0.1) is 30.0 Å². The van der Waals surface area contributed by atoms with E-state index >= 15 is 0 Å². The van der Waals surface area contributed by atoms with Gasteiger partial charge in [0.25, 0.3) is 0 Å². The van der Waals surface area contributed by atoms with Crippen molar-refractivity contribution in [1.82, 2.24) is 14.9 Å². The maximum absolute atomic E-state index is 12.2. The summed E-state index contributed by atoms with van der Waals surface area (Å²) >= 11 is 6.11. The van der Waals surface area contributed by atoms with Crippen molar-refractivity contribution >= 4 is 34.1 Å². The summed E-state index contributed by atoms with van der Waals surface area (Å²) in [5, 5.41) is 4.02. The van der Waals surface area contributed by atoms with Crippen LogP contribution in [0.15, 0.2) is 18.3 Å². The molecule has 0 radical (unpaired) electrons. The van der Waals surface area contributed by atoms with Crippen LogP contribution in [0.1, 0.15) is 43.0 Å². The average Bonchev–Trinajstić information content (AvgIpc) is 2.70. The van der Waals surface area contributed by atoms with Gasteiger partial charge in [-0.1, -0.05) is 11.6 Å². The van der Waals surface area contributed by atoms with E-state index in [0.717, 1.165) is 56.3 Å². The van der Waals surface area contributed by atoms with E-state index in [4.69, 9.17) is 16.3 Å². The standard InChI is InChI=1S/C21H27ClN4O2/c1-14(27)17-12-23-18-6-7-19(22)25-21(18)20(17)24-16-4-2-15(3-5-16)13-26-8-10-28-11-9-26/h6-7,12,15-16H,2-5,8-11,13H2,1H3,(H,23,24)/t15-,16-. The van der Waals surface area contributed by atoms with E-state index in [1.807, 2.05) is 6.07 Å². The Kier molecular flexibility index (Phi) is 6.09. The molecule has 1 aliphatic carbocycles. The second-order valence-electron chi connectivity index (χ2n) is 7.88. The number of carbonyl (C=O) groups excluding carboxylic acids is 1. The highest BCUT2D eigenvalue weighted by atomic mass is 35.5. The van der Waals surface area contributed by atoms with Gasteiger partial charge in [-0.3, -0.25) is 14.7 Å². The average molecular weight is 403 g/mol. The summed E-state index contributed by atoms with van der Waals surface area (Å²) in [6, 6.07) is 3.91. The van der Waals surface area contributed by atoms with Gasteiger partial charge in [0, 0.05) is 31.9 Å². The first-order valence-electron chi connectivity index (χ1n) is 10.1. The number of pyridine rings is 2. The smallest absolute Gasteiger partial charge is 0.163 e. The lowest BCUT2D eigenvalue weighted by Gasteiger charge is -2.35. The third kappa shape index (κ3) is 4.45. The molecule has 1 N–H and O–H groups in total. The summed E-state index contributed by atoms with van der Waals surface area (Å²) in [5.41, 5.74) is 2.78. The molecule has 3 heterocycles. The van der Waals surface area contributed by atoms with Gasteiger partial charge in [0.1, 0.15) is 10.7 Å². The van der Waals surface area contributed by atoms with Crippen molar-refractivity contribution in [2.24, 2.45) is 5.92 Å². The van der Waals surface area contributed by atoms with Crippen LogP contribution in [0.2, 0.25) is 5.15 Å². The molecule has 6 nitrogen and oxygen atoms in total. The van der Waals surface area contributed by atoms with E-state index in [1.54, 1.807) is 19.2 Å². The number of Topliss-reactive ketones (excluding diaryl/α,β-unsaturated/α-hetero) is 1. The lowest BCUT2D eigenvalue weighted by Crippen LogP contribution is -2.40. The number of nitrogens with zero attached hydrogens (tertiary/aromatic N) is 3. The van der Waals surface area contributed by atoms with Crippen molar-refractivity contribution in [2.75, 3.05) is 38.2 Å². The van der Waals surface area contributed by atoms with Gasteiger partial charge in [0.2, 0.25) is 0 Å². The molecule has 0 spiro atoms. The number of anilines is 1. The molecule has 1 saturated heterocycles. The molecule has 1 saturated carbocycles. The minimum atomic E-state index is -0.0142. The van der Waals surface area contributed by atoms with Gasteiger partial charge in [-0.25, -0.2) is 4.98 Å². The van der Waals surface area contributed by atoms with Crippen LogP contribution in [0.3, 0.4) is 0 Å². The zero-order valence-corrected chi connectivity index (χ0v) is 17.0. The molecule has 4 rings (SSSR count). The Morgan fingerprint density at radius 3 is 2.71 bits per heavy atom. The number of nitrogens with one attached hydrogen (secondary N) is 1. The molecule has 2 aromatic heterocycles. The number of fused-ring (bicyclic) bond motifs is 1. The SMILES string of the molecule is CC(=O)c1cnc2ccc(Cl)nc2c1N[C@H]1CC[C@H](CN2CCOCC2)CC1. The molecule has 2 aliphatic rings. The summed E-state index contributed by atoms with van der Waals surface area (Å²) in [6.45, 7) is 6.55. The fourth-order valence-corrected chi connectivity index (χ4v) is 4.45. The van der Waals surface area contributed by atoms with Crippen LogP contribution < -0.4 is 5.32 Å². The molecule has 2 aromatic rings. The van der Waals surface area contributed by atoms with E-state index in [1.165, 1.54) is 19.4 Å². The highest BCUT2D eigenvalue weighted by molar-refractivity contribution is 6.30. The molecular formula is C21H27ClN4O2. The van der Waals surface area contributed by atoms with E-state index < -0.39 is 0 Å². The number of hydrogen-bond donors (Lipinski definition) is 1. The predicted octanol–water partition coefficient (Wildman–Crippen LogP) is 3.79. The highest BCUT2D eigenvalue weighted by Gasteiger charge is 2.25. The maximum atomic E-state index is 12.2. The Morgan fingerprint density at radius 1 is 1.25 bits per heavy atom. The molecule has 0 atom stereocenters. The van der Waals surface area contributed by atoms with Gasteiger partial charge < -0.3 is 10.1 Å². The Hall–Kier alpha value is -1.76. The zero-order valence-electron chi connectivity index (χ0n) is 16.3. The third-order valence-electron chi connectivity index (χ3n) is 5.87. The molecule has 2 fully saturated rings. The fraction of sp³-hybridized carbons (Fsp3) is 0.571. The van der Waals surface area contributed by atoms with Crippen molar-refractivity contribution in [3.05, 3.63) is 29.0 Å². The molecular weight excluding hydrogens is 376 g/mol. The molecule has 150 valence electrons. The number of morpholine rings is 1. The fourth-order valence-electron chi connectivity index (χ4n) is 4.30. The summed E-state index contributed by atoms with van der Waals surface area (Å²) in [4.78, 5) is 23.5. The lowest BCUT2D eigenvalue weighted by molar-refractivity contribution is 0.0276. The van der Waals surface area contributed by atoms with Crippen LogP contribution in [0.4, 0.5) is 5.69 Å². The summed E-state index contributed by atoms with van der Waals surface area (Å²) in [7, 11) is 0. The number of carbonyl (C=O) groups is 1. The van der Waals surface area contributed by atoms with Crippen LogP contribution >= 0.6 is 11.6 Å². The molecule has 0 aromatic carbocycles. The minimum absolute atomic E-state index is 0.0142. The maximum Gasteiger partial charge on any atom is 0.163 e. The van der Waals surface area contributed by atoms with Crippen LogP contribution in [0.5, 0.6) is 0 Å². The quantitative estimate of drug-likeness (QED) is 0.606. The molecule has 1 aliphatic heterocycles. The van der Waals surface area contributed by atoms with Crippen LogP contribution in [-0.4, -0.2) is 59.5 Å². The first-order chi connectivity index (χ1) is 13.6. The zero-order chi connectivity index (χ0) is 19.5. The van der Waals surface area contributed by atoms with Crippen molar-refractivity contribution in [3.8, 4) is 0 Å². The number of hydrogen-bond acceptors (Lipinski definition) is 6. The van der Waals surface area contributed by atoms with Crippen molar-refractivity contribution in [3.63, 3.8) is 0 Å².